The zero-order chi connectivity index (χ0) is 11.2. The van der Waals surface area contributed by atoms with Crippen LogP contribution >= 0.6 is 22.9 Å². The molecule has 0 N–H and O–H groups in total. The van der Waals surface area contributed by atoms with Gasteiger partial charge in [-0.3, -0.25) is 7.91 Å². The number of amides is 1. The maximum absolute atomic E-state index is 11.6. The Morgan fingerprint density at radius 1 is 1.20 bits per heavy atom. The van der Waals surface area contributed by atoms with Gasteiger partial charge in [-0.1, -0.05) is 6.07 Å². The Kier molecular flexibility index (Phi) is 2.75. The Morgan fingerprint density at radius 2 is 1.87 bits per heavy atom. The van der Waals surface area contributed by atoms with Gasteiger partial charge in [-0.15, -0.1) is 0 Å². The average Bonchev–Trinajstić information content (AvgIpc) is 2.18. The molecule has 1 amide bonds. The molecule has 1 aliphatic rings. The topological polar surface area (TPSA) is 20.3 Å². The number of halogens is 1. The molecule has 0 fully saturated rings. The van der Waals surface area contributed by atoms with Crippen LogP contribution in [-0.4, -0.2) is 5.91 Å². The lowest BCUT2D eigenvalue weighted by Crippen LogP contribution is -2.27. The molecule has 0 atom stereocenters. The van der Waals surface area contributed by atoms with Crippen molar-refractivity contribution in [3.8, 4) is 0 Å². The highest BCUT2D eigenvalue weighted by Gasteiger charge is 2.25. The van der Waals surface area contributed by atoms with Gasteiger partial charge in [0.15, 0.2) is 0 Å². The van der Waals surface area contributed by atoms with Crippen LogP contribution in [0.3, 0.4) is 0 Å². The maximum Gasteiger partial charge on any atom is 0.236 e. The Bertz CT molecular complexity index is 440. The summed E-state index contributed by atoms with van der Waals surface area (Å²) in [5, 5.41) is 0. The van der Waals surface area contributed by atoms with Crippen molar-refractivity contribution in [1.82, 2.24) is 0 Å². The molecule has 80 valence electrons. The number of benzene rings is 1. The van der Waals surface area contributed by atoms with Gasteiger partial charge in [0.25, 0.3) is 0 Å². The van der Waals surface area contributed by atoms with E-state index >= 15 is 0 Å². The third kappa shape index (κ3) is 1.67. The quantitative estimate of drug-likeness (QED) is 0.532. The van der Waals surface area contributed by atoms with E-state index in [9.17, 15) is 4.79 Å². The van der Waals surface area contributed by atoms with Gasteiger partial charge in [0.2, 0.25) is 5.91 Å². The minimum Gasteiger partial charge on any atom is -0.274 e. The fourth-order valence-electron chi connectivity index (χ4n) is 2.19. The SMILES string of the molecule is Cc1cc(C)c2c(c1C)CCC(=O)N2I. The Hall–Kier alpha value is -0.580. The number of rotatable bonds is 0. The lowest BCUT2D eigenvalue weighted by Gasteiger charge is -2.27. The third-order valence-corrected chi connectivity index (χ3v) is 4.16. The zero-order valence-corrected chi connectivity index (χ0v) is 11.4. The third-order valence-electron chi connectivity index (χ3n) is 3.14. The second kappa shape index (κ2) is 3.77. The molecule has 1 heterocycles. The van der Waals surface area contributed by atoms with E-state index in [2.05, 4.69) is 49.7 Å². The van der Waals surface area contributed by atoms with Crippen LogP contribution < -0.4 is 3.11 Å². The van der Waals surface area contributed by atoms with Crippen LogP contribution in [-0.2, 0) is 11.2 Å². The minimum atomic E-state index is 0.217. The summed E-state index contributed by atoms with van der Waals surface area (Å²) in [6.45, 7) is 6.36. The van der Waals surface area contributed by atoms with Gasteiger partial charge < -0.3 is 0 Å². The van der Waals surface area contributed by atoms with Crippen molar-refractivity contribution in [2.24, 2.45) is 0 Å². The van der Waals surface area contributed by atoms with Crippen molar-refractivity contribution in [2.45, 2.75) is 33.6 Å². The van der Waals surface area contributed by atoms with E-state index in [1.165, 1.54) is 22.3 Å². The lowest BCUT2D eigenvalue weighted by atomic mass is 9.92. The Labute approximate surface area is 104 Å². The summed E-state index contributed by atoms with van der Waals surface area (Å²) >= 11 is 2.11. The summed E-state index contributed by atoms with van der Waals surface area (Å²) in [5.74, 6) is 0.217. The van der Waals surface area contributed by atoms with Crippen LogP contribution in [0.25, 0.3) is 0 Å². The predicted octanol–water partition coefficient (Wildman–Crippen LogP) is 3.24. The van der Waals surface area contributed by atoms with Gasteiger partial charge in [0.05, 0.1) is 28.6 Å². The first-order valence-corrected chi connectivity index (χ1v) is 6.07. The molecule has 0 saturated heterocycles. The number of nitrogens with zero attached hydrogens (tertiary/aromatic N) is 1. The summed E-state index contributed by atoms with van der Waals surface area (Å²) in [7, 11) is 0. The minimum absolute atomic E-state index is 0.217. The molecule has 0 saturated carbocycles. The molecule has 2 rings (SSSR count). The number of fused-ring (bicyclic) bond motifs is 1. The summed E-state index contributed by atoms with van der Waals surface area (Å²) in [6.07, 6.45) is 1.53. The van der Waals surface area contributed by atoms with Gasteiger partial charge in [0, 0.05) is 6.42 Å². The first-order chi connectivity index (χ1) is 7.02. The summed E-state index contributed by atoms with van der Waals surface area (Å²) in [6, 6.07) is 2.17. The molecule has 1 aliphatic heterocycles. The lowest BCUT2D eigenvalue weighted by molar-refractivity contribution is -0.117. The Balaban J connectivity index is 2.69. The molecule has 0 aliphatic carbocycles. The van der Waals surface area contributed by atoms with Crippen LogP contribution in [0.2, 0.25) is 0 Å². The number of hydrogen-bond acceptors (Lipinski definition) is 1. The van der Waals surface area contributed by atoms with Crippen LogP contribution in [0.1, 0.15) is 28.7 Å². The largest absolute Gasteiger partial charge is 0.274 e. The van der Waals surface area contributed by atoms with Crippen LogP contribution in [0.4, 0.5) is 5.69 Å². The van der Waals surface area contributed by atoms with E-state index in [0.29, 0.717) is 6.42 Å². The van der Waals surface area contributed by atoms with Crippen molar-refractivity contribution >= 4 is 34.5 Å². The number of carbonyl (C=O) groups is 1. The van der Waals surface area contributed by atoms with Crippen molar-refractivity contribution < 1.29 is 4.79 Å². The molecule has 0 spiro atoms. The molecule has 0 unspecified atom stereocenters. The van der Waals surface area contributed by atoms with E-state index < -0.39 is 0 Å². The molecule has 0 radical (unpaired) electrons. The van der Waals surface area contributed by atoms with E-state index in [1.54, 1.807) is 3.11 Å². The van der Waals surface area contributed by atoms with E-state index in [4.69, 9.17) is 0 Å². The highest BCUT2D eigenvalue weighted by molar-refractivity contribution is 14.1. The fraction of sp³-hybridized carbons (Fsp3) is 0.417. The molecule has 2 nitrogen and oxygen atoms in total. The second-order valence-corrected chi connectivity index (χ2v) is 5.10. The average molecular weight is 315 g/mol. The Morgan fingerprint density at radius 3 is 2.53 bits per heavy atom. The van der Waals surface area contributed by atoms with Gasteiger partial charge in [-0.25, -0.2) is 0 Å². The molecule has 0 bridgehead atoms. The first kappa shape index (κ1) is 10.9. The molecule has 1 aromatic carbocycles. The predicted molar refractivity (Wildman–Crippen MR) is 70.5 cm³/mol. The summed E-state index contributed by atoms with van der Waals surface area (Å²) in [5.41, 5.74) is 6.34. The van der Waals surface area contributed by atoms with Gasteiger partial charge in [-0.05, 0) is 49.4 Å². The molecular weight excluding hydrogens is 301 g/mol. The summed E-state index contributed by atoms with van der Waals surface area (Å²) in [4.78, 5) is 11.6. The van der Waals surface area contributed by atoms with E-state index in [-0.39, 0.29) is 5.91 Å². The molecule has 15 heavy (non-hydrogen) atoms. The van der Waals surface area contributed by atoms with Crippen molar-refractivity contribution in [1.29, 1.82) is 0 Å². The smallest absolute Gasteiger partial charge is 0.236 e. The van der Waals surface area contributed by atoms with E-state index in [0.717, 1.165) is 12.1 Å². The molecule has 3 heteroatoms. The van der Waals surface area contributed by atoms with Crippen molar-refractivity contribution in [3.63, 3.8) is 0 Å². The highest BCUT2D eigenvalue weighted by atomic mass is 127. The van der Waals surface area contributed by atoms with Gasteiger partial charge in [0.1, 0.15) is 0 Å². The van der Waals surface area contributed by atoms with E-state index in [1.807, 2.05) is 0 Å². The van der Waals surface area contributed by atoms with Crippen molar-refractivity contribution in [2.75, 3.05) is 3.11 Å². The number of hydrogen-bond donors (Lipinski definition) is 0. The van der Waals surface area contributed by atoms with Crippen LogP contribution in [0.15, 0.2) is 6.07 Å². The molecule has 0 aromatic heterocycles. The monoisotopic (exact) mass is 315 g/mol. The standard InChI is InChI=1S/C12H14INO/c1-7-6-8(2)12-10(9(7)3)4-5-11(15)14(12)13/h6H,4-5H2,1-3H3. The number of aryl methyl sites for hydroxylation is 2. The first-order valence-electron chi connectivity index (χ1n) is 5.10. The summed E-state index contributed by atoms with van der Waals surface area (Å²) < 4.78 is 1.78. The van der Waals surface area contributed by atoms with Gasteiger partial charge >= 0.3 is 0 Å². The zero-order valence-electron chi connectivity index (χ0n) is 9.22. The molecule has 1 aromatic rings. The fourth-order valence-corrected chi connectivity index (χ4v) is 3.10. The van der Waals surface area contributed by atoms with Crippen molar-refractivity contribution in [3.05, 3.63) is 28.3 Å². The van der Waals surface area contributed by atoms with Crippen LogP contribution in [0, 0.1) is 20.8 Å². The van der Waals surface area contributed by atoms with Gasteiger partial charge in [-0.2, -0.15) is 0 Å². The number of anilines is 1. The second-order valence-electron chi connectivity index (χ2n) is 4.14. The van der Waals surface area contributed by atoms with Crippen LogP contribution in [0.5, 0.6) is 0 Å². The highest BCUT2D eigenvalue weighted by Crippen LogP contribution is 2.36. The maximum atomic E-state index is 11.6. The number of carbonyl (C=O) groups excluding carboxylic acids is 1. The molecular formula is C12H14INO. The normalized spacial score (nSPS) is 15.5.